The number of hydrogen-bond donors (Lipinski definition) is 0. The number of hydrogen-bond acceptors (Lipinski definition) is 2. The van der Waals surface area contributed by atoms with Crippen LogP contribution in [0, 0.1) is 12.3 Å². The number of carbonyl (C=O) groups excluding carboxylic acids is 1. The molecule has 1 amide bonds. The zero-order valence-electron chi connectivity index (χ0n) is 8.25. The standard InChI is InChI=1S/C10H17N2O/c1-9(13)12-6-4-10(8-12)3-5-11(2)7-10/h1,3-8H2,2H3. The van der Waals surface area contributed by atoms with E-state index in [1.807, 2.05) is 4.90 Å². The summed E-state index contributed by atoms with van der Waals surface area (Å²) >= 11 is 0. The molecule has 0 aromatic heterocycles. The molecular formula is C10H17N2O. The number of nitrogens with zero attached hydrogens (tertiary/aromatic N) is 2. The lowest BCUT2D eigenvalue weighted by atomic mass is 9.86. The molecule has 2 rings (SSSR count). The minimum absolute atomic E-state index is 0.00794. The molecule has 2 heterocycles. The Kier molecular flexibility index (Phi) is 2.06. The van der Waals surface area contributed by atoms with Crippen LogP contribution >= 0.6 is 0 Å². The second-order valence-corrected chi connectivity index (χ2v) is 4.55. The van der Waals surface area contributed by atoms with Crippen molar-refractivity contribution in [2.75, 3.05) is 33.2 Å². The van der Waals surface area contributed by atoms with E-state index in [1.165, 1.54) is 19.4 Å². The molecule has 2 fully saturated rings. The van der Waals surface area contributed by atoms with Crippen molar-refractivity contribution in [1.82, 2.24) is 9.80 Å². The fraction of sp³-hybridized carbons (Fsp3) is 0.800. The van der Waals surface area contributed by atoms with Crippen LogP contribution in [0.1, 0.15) is 12.8 Å². The highest BCUT2D eigenvalue weighted by atomic mass is 16.2. The molecule has 3 heteroatoms. The lowest BCUT2D eigenvalue weighted by molar-refractivity contribution is -0.125. The van der Waals surface area contributed by atoms with Crippen molar-refractivity contribution in [3.63, 3.8) is 0 Å². The van der Waals surface area contributed by atoms with Gasteiger partial charge in [-0.1, -0.05) is 0 Å². The molecular weight excluding hydrogens is 164 g/mol. The molecule has 0 N–H and O–H groups in total. The molecule has 13 heavy (non-hydrogen) atoms. The molecule has 1 radical (unpaired) electrons. The number of carbonyl (C=O) groups is 1. The maximum absolute atomic E-state index is 11.1. The normalized spacial score (nSPS) is 34.8. The van der Waals surface area contributed by atoms with Crippen LogP contribution in [0.15, 0.2) is 0 Å². The van der Waals surface area contributed by atoms with E-state index in [0.29, 0.717) is 5.41 Å². The first-order chi connectivity index (χ1) is 6.11. The third kappa shape index (κ3) is 1.57. The summed E-state index contributed by atoms with van der Waals surface area (Å²) in [6.45, 7) is 7.64. The van der Waals surface area contributed by atoms with Crippen molar-refractivity contribution in [3.05, 3.63) is 6.92 Å². The Morgan fingerprint density at radius 2 is 2.00 bits per heavy atom. The summed E-state index contributed by atoms with van der Waals surface area (Å²) in [4.78, 5) is 15.3. The highest BCUT2D eigenvalue weighted by Crippen LogP contribution is 2.38. The second-order valence-electron chi connectivity index (χ2n) is 4.55. The first-order valence-corrected chi connectivity index (χ1v) is 4.91. The summed E-state index contributed by atoms with van der Waals surface area (Å²) in [6, 6.07) is 0. The van der Waals surface area contributed by atoms with Gasteiger partial charge in [0.2, 0.25) is 5.91 Å². The highest BCUT2D eigenvalue weighted by molar-refractivity contribution is 5.80. The van der Waals surface area contributed by atoms with Crippen LogP contribution in [0.3, 0.4) is 0 Å². The average Bonchev–Trinajstić information content (AvgIpc) is 2.61. The molecule has 1 spiro atoms. The van der Waals surface area contributed by atoms with Crippen LogP contribution < -0.4 is 0 Å². The Hall–Kier alpha value is -0.570. The molecule has 1 atom stereocenters. The SMILES string of the molecule is [CH2]C(=O)N1CCC2(CCN(C)C2)C1. The van der Waals surface area contributed by atoms with Gasteiger partial charge in [0, 0.05) is 32.0 Å². The van der Waals surface area contributed by atoms with E-state index in [4.69, 9.17) is 0 Å². The summed E-state index contributed by atoms with van der Waals surface area (Å²) < 4.78 is 0. The molecule has 0 aliphatic carbocycles. The summed E-state index contributed by atoms with van der Waals surface area (Å²) in [5.41, 5.74) is 0.405. The summed E-state index contributed by atoms with van der Waals surface area (Å²) in [5, 5.41) is 0. The van der Waals surface area contributed by atoms with Gasteiger partial charge in [0.05, 0.1) is 0 Å². The first kappa shape index (κ1) is 9.00. The van der Waals surface area contributed by atoms with Crippen molar-refractivity contribution >= 4 is 5.91 Å². The van der Waals surface area contributed by atoms with E-state index in [2.05, 4.69) is 18.9 Å². The van der Waals surface area contributed by atoms with Gasteiger partial charge in [-0.2, -0.15) is 0 Å². The van der Waals surface area contributed by atoms with Gasteiger partial charge in [0.15, 0.2) is 0 Å². The Bertz CT molecular complexity index is 229. The molecule has 2 saturated heterocycles. The van der Waals surface area contributed by atoms with Crippen LogP contribution in [-0.2, 0) is 4.79 Å². The Morgan fingerprint density at radius 3 is 2.46 bits per heavy atom. The smallest absolute Gasteiger partial charge is 0.223 e. The van der Waals surface area contributed by atoms with Crippen molar-refractivity contribution in [3.8, 4) is 0 Å². The number of rotatable bonds is 0. The van der Waals surface area contributed by atoms with Gasteiger partial charge >= 0.3 is 0 Å². The van der Waals surface area contributed by atoms with Crippen LogP contribution in [0.4, 0.5) is 0 Å². The fourth-order valence-corrected chi connectivity index (χ4v) is 2.64. The summed E-state index contributed by atoms with van der Waals surface area (Å²) in [5.74, 6) is -0.00794. The predicted molar refractivity (Wildman–Crippen MR) is 51.1 cm³/mol. The Balaban J connectivity index is 2.01. The summed E-state index contributed by atoms with van der Waals surface area (Å²) in [6.07, 6.45) is 2.41. The van der Waals surface area contributed by atoms with Gasteiger partial charge < -0.3 is 9.80 Å². The van der Waals surface area contributed by atoms with Crippen molar-refractivity contribution in [2.45, 2.75) is 12.8 Å². The number of likely N-dealkylation sites (tertiary alicyclic amines) is 2. The topological polar surface area (TPSA) is 23.6 Å². The van der Waals surface area contributed by atoms with Crippen LogP contribution in [0.25, 0.3) is 0 Å². The molecule has 1 unspecified atom stereocenters. The lowest BCUT2D eigenvalue weighted by Gasteiger charge is -2.23. The molecule has 0 saturated carbocycles. The van der Waals surface area contributed by atoms with E-state index in [1.54, 1.807) is 0 Å². The van der Waals surface area contributed by atoms with Gasteiger partial charge in [-0.05, 0) is 26.4 Å². The molecule has 0 bridgehead atoms. The molecule has 2 aliphatic heterocycles. The van der Waals surface area contributed by atoms with Crippen LogP contribution in [0.2, 0.25) is 0 Å². The maximum Gasteiger partial charge on any atom is 0.223 e. The zero-order chi connectivity index (χ0) is 9.47. The third-order valence-corrected chi connectivity index (χ3v) is 3.42. The minimum Gasteiger partial charge on any atom is -0.342 e. The van der Waals surface area contributed by atoms with Crippen LogP contribution in [-0.4, -0.2) is 48.9 Å². The molecule has 3 nitrogen and oxygen atoms in total. The van der Waals surface area contributed by atoms with Crippen molar-refractivity contribution < 1.29 is 4.79 Å². The monoisotopic (exact) mass is 181 g/mol. The van der Waals surface area contributed by atoms with Crippen LogP contribution in [0.5, 0.6) is 0 Å². The highest BCUT2D eigenvalue weighted by Gasteiger charge is 2.42. The average molecular weight is 181 g/mol. The first-order valence-electron chi connectivity index (χ1n) is 4.91. The van der Waals surface area contributed by atoms with Gasteiger partial charge in [-0.3, -0.25) is 4.79 Å². The molecule has 73 valence electrons. The van der Waals surface area contributed by atoms with Gasteiger partial charge in [0.25, 0.3) is 0 Å². The zero-order valence-corrected chi connectivity index (χ0v) is 8.25. The van der Waals surface area contributed by atoms with E-state index in [0.717, 1.165) is 19.6 Å². The minimum atomic E-state index is -0.00794. The second kappa shape index (κ2) is 2.98. The van der Waals surface area contributed by atoms with E-state index >= 15 is 0 Å². The molecule has 0 aromatic rings. The van der Waals surface area contributed by atoms with Crippen molar-refractivity contribution in [1.29, 1.82) is 0 Å². The maximum atomic E-state index is 11.1. The third-order valence-electron chi connectivity index (χ3n) is 3.42. The van der Waals surface area contributed by atoms with E-state index in [9.17, 15) is 4.79 Å². The van der Waals surface area contributed by atoms with Gasteiger partial charge in [-0.25, -0.2) is 0 Å². The predicted octanol–water partition coefficient (Wildman–Crippen LogP) is 0.375. The lowest BCUT2D eigenvalue weighted by Crippen LogP contribution is -2.32. The number of amides is 1. The van der Waals surface area contributed by atoms with E-state index in [-0.39, 0.29) is 5.91 Å². The summed E-state index contributed by atoms with van der Waals surface area (Å²) in [7, 11) is 2.16. The molecule has 2 aliphatic rings. The van der Waals surface area contributed by atoms with Gasteiger partial charge in [-0.15, -0.1) is 0 Å². The van der Waals surface area contributed by atoms with E-state index < -0.39 is 0 Å². The Labute approximate surface area is 79.7 Å². The molecule has 0 aromatic carbocycles. The Morgan fingerprint density at radius 1 is 1.31 bits per heavy atom. The van der Waals surface area contributed by atoms with Crippen molar-refractivity contribution in [2.24, 2.45) is 5.41 Å². The van der Waals surface area contributed by atoms with Gasteiger partial charge in [0.1, 0.15) is 0 Å². The fourth-order valence-electron chi connectivity index (χ4n) is 2.64. The quantitative estimate of drug-likeness (QED) is 0.539. The largest absolute Gasteiger partial charge is 0.342 e.